The highest BCUT2D eigenvalue weighted by Crippen LogP contribution is 2.28. The van der Waals surface area contributed by atoms with Crippen LogP contribution in [-0.2, 0) is 0 Å². The lowest BCUT2D eigenvalue weighted by Gasteiger charge is -2.30. The molecule has 0 N–H and O–H groups in total. The Morgan fingerprint density at radius 2 is 1.94 bits per heavy atom. The molecule has 33 heavy (non-hydrogen) atoms. The number of piperidine rings is 1. The van der Waals surface area contributed by atoms with Crippen molar-refractivity contribution in [3.05, 3.63) is 36.2 Å². The fourth-order valence-electron chi connectivity index (χ4n) is 3.87. The maximum atomic E-state index is 6.28. The average molecular weight is 451 g/mol. The summed E-state index contributed by atoms with van der Waals surface area (Å²) >= 11 is 0. The first-order chi connectivity index (χ1) is 16.0. The largest absolute Gasteiger partial charge is 0.481 e. The van der Waals surface area contributed by atoms with Crippen molar-refractivity contribution in [2.75, 3.05) is 25.1 Å². The highest BCUT2D eigenvalue weighted by atomic mass is 16.5. The van der Waals surface area contributed by atoms with Gasteiger partial charge in [-0.05, 0) is 13.0 Å². The van der Waals surface area contributed by atoms with E-state index in [1.54, 1.807) is 24.1 Å². The molecule has 1 fully saturated rings. The zero-order valence-corrected chi connectivity index (χ0v) is 19.1. The number of rotatable bonds is 6. The molecule has 1 saturated heterocycles. The van der Waals surface area contributed by atoms with E-state index in [1.165, 1.54) is 6.33 Å². The molecule has 0 atom stereocenters. The molecule has 0 spiro atoms. The first kappa shape index (κ1) is 21.1. The van der Waals surface area contributed by atoms with Crippen molar-refractivity contribution in [3.63, 3.8) is 0 Å². The number of ether oxygens (including phenoxy) is 2. The van der Waals surface area contributed by atoms with Crippen molar-refractivity contribution in [2.45, 2.75) is 45.6 Å². The Bertz CT molecular complexity index is 1260. The predicted octanol–water partition coefficient (Wildman–Crippen LogP) is 3.08. The number of aromatic nitrogens is 7. The minimum absolute atomic E-state index is 0.0274. The number of pyridine rings is 1. The van der Waals surface area contributed by atoms with E-state index in [9.17, 15) is 0 Å². The van der Waals surface area contributed by atoms with E-state index in [-0.39, 0.29) is 12.0 Å². The summed E-state index contributed by atoms with van der Waals surface area (Å²) in [6.07, 6.45) is 4.90. The van der Waals surface area contributed by atoms with E-state index >= 15 is 0 Å². The third kappa shape index (κ3) is 4.06. The molecule has 172 valence electrons. The van der Waals surface area contributed by atoms with E-state index < -0.39 is 0 Å². The standard InChI is InChI=1S/C22H26N8O3/c1-13(2)19-27-22(33-28-19)29-9-7-15(8-10-29)32-21-16-11-25-30(20(16)23-12-24-21)17-5-6-18(31-4)26-14(17)3/h5-6,11-13,15H,7-10H2,1-4H3. The summed E-state index contributed by atoms with van der Waals surface area (Å²) in [5.74, 6) is 2.05. The van der Waals surface area contributed by atoms with Crippen LogP contribution in [0.4, 0.5) is 6.01 Å². The Labute approximate surface area is 190 Å². The third-order valence-electron chi connectivity index (χ3n) is 5.74. The molecule has 0 aromatic carbocycles. The summed E-state index contributed by atoms with van der Waals surface area (Å²) in [6.45, 7) is 7.55. The van der Waals surface area contributed by atoms with E-state index in [1.807, 2.05) is 26.8 Å². The van der Waals surface area contributed by atoms with E-state index in [2.05, 4.69) is 35.1 Å². The number of methoxy groups -OCH3 is 1. The molecule has 4 aromatic heterocycles. The van der Waals surface area contributed by atoms with Gasteiger partial charge in [-0.25, -0.2) is 19.6 Å². The monoisotopic (exact) mass is 450 g/mol. The van der Waals surface area contributed by atoms with Crippen LogP contribution in [0.1, 0.15) is 44.1 Å². The van der Waals surface area contributed by atoms with Crippen molar-refractivity contribution < 1.29 is 14.0 Å². The first-order valence-electron chi connectivity index (χ1n) is 11.0. The van der Waals surface area contributed by atoms with Crippen LogP contribution in [0.2, 0.25) is 0 Å². The summed E-state index contributed by atoms with van der Waals surface area (Å²) in [6, 6.07) is 4.29. The molecule has 11 heteroatoms. The van der Waals surface area contributed by atoms with Gasteiger partial charge < -0.3 is 18.9 Å². The van der Waals surface area contributed by atoms with E-state index in [0.717, 1.165) is 48.5 Å². The van der Waals surface area contributed by atoms with Gasteiger partial charge in [0.15, 0.2) is 11.5 Å². The minimum atomic E-state index is 0.0274. The number of aryl methyl sites for hydroxylation is 1. The van der Waals surface area contributed by atoms with E-state index in [4.69, 9.17) is 14.0 Å². The Morgan fingerprint density at radius 1 is 1.12 bits per heavy atom. The fourth-order valence-corrected chi connectivity index (χ4v) is 3.87. The summed E-state index contributed by atoms with van der Waals surface area (Å²) in [5.41, 5.74) is 2.28. The topological polar surface area (TPSA) is 117 Å². The molecule has 0 unspecified atom stereocenters. The third-order valence-corrected chi connectivity index (χ3v) is 5.74. The zero-order valence-electron chi connectivity index (χ0n) is 19.1. The summed E-state index contributed by atoms with van der Waals surface area (Å²) in [5, 5.41) is 9.34. The molecule has 1 aliphatic heterocycles. The van der Waals surface area contributed by atoms with Crippen LogP contribution < -0.4 is 14.4 Å². The highest BCUT2D eigenvalue weighted by Gasteiger charge is 2.26. The van der Waals surface area contributed by atoms with Gasteiger partial charge in [0.1, 0.15) is 17.8 Å². The molecule has 0 saturated carbocycles. The van der Waals surface area contributed by atoms with Gasteiger partial charge in [0.2, 0.25) is 11.8 Å². The number of nitrogens with zero attached hydrogens (tertiary/aromatic N) is 8. The average Bonchev–Trinajstić information content (AvgIpc) is 3.48. The molecule has 1 aliphatic rings. The maximum Gasteiger partial charge on any atom is 0.324 e. The molecule has 0 bridgehead atoms. The molecular formula is C22H26N8O3. The first-order valence-corrected chi connectivity index (χ1v) is 11.0. The molecule has 11 nitrogen and oxygen atoms in total. The van der Waals surface area contributed by atoms with Crippen LogP contribution in [0, 0.1) is 6.92 Å². The van der Waals surface area contributed by atoms with Crippen LogP contribution in [0.3, 0.4) is 0 Å². The number of fused-ring (bicyclic) bond motifs is 1. The van der Waals surface area contributed by atoms with Crippen molar-refractivity contribution in [3.8, 4) is 17.4 Å². The predicted molar refractivity (Wildman–Crippen MR) is 120 cm³/mol. The van der Waals surface area contributed by atoms with Gasteiger partial charge in [0.05, 0.1) is 24.7 Å². The van der Waals surface area contributed by atoms with Crippen molar-refractivity contribution >= 4 is 17.0 Å². The zero-order chi connectivity index (χ0) is 22.9. The van der Waals surface area contributed by atoms with Crippen LogP contribution in [0.15, 0.2) is 29.2 Å². The Hall–Kier alpha value is -3.76. The van der Waals surface area contributed by atoms with Crippen molar-refractivity contribution in [2.24, 2.45) is 0 Å². The molecular weight excluding hydrogens is 424 g/mol. The Morgan fingerprint density at radius 3 is 2.64 bits per heavy atom. The van der Waals surface area contributed by atoms with Crippen LogP contribution in [0.25, 0.3) is 16.7 Å². The molecule has 4 aromatic rings. The second kappa shape index (κ2) is 8.64. The second-order valence-electron chi connectivity index (χ2n) is 8.32. The van der Waals surface area contributed by atoms with Gasteiger partial charge in [-0.3, -0.25) is 0 Å². The van der Waals surface area contributed by atoms with Crippen LogP contribution in [0.5, 0.6) is 11.8 Å². The molecule has 5 heterocycles. The normalized spacial score (nSPS) is 14.9. The van der Waals surface area contributed by atoms with Crippen LogP contribution >= 0.6 is 0 Å². The smallest absolute Gasteiger partial charge is 0.324 e. The van der Waals surface area contributed by atoms with Crippen LogP contribution in [-0.4, -0.2) is 61.2 Å². The molecule has 5 rings (SSSR count). The fraction of sp³-hybridized carbons (Fsp3) is 0.455. The summed E-state index contributed by atoms with van der Waals surface area (Å²) < 4.78 is 18.7. The second-order valence-corrected chi connectivity index (χ2v) is 8.32. The van der Waals surface area contributed by atoms with E-state index in [0.29, 0.717) is 23.4 Å². The van der Waals surface area contributed by atoms with Gasteiger partial charge in [-0.15, -0.1) is 0 Å². The summed E-state index contributed by atoms with van der Waals surface area (Å²) in [7, 11) is 1.59. The van der Waals surface area contributed by atoms with Gasteiger partial charge in [-0.2, -0.15) is 10.1 Å². The van der Waals surface area contributed by atoms with Crippen molar-refractivity contribution in [1.82, 2.24) is 34.9 Å². The molecule has 0 amide bonds. The SMILES string of the molecule is COc1ccc(-n2ncc3c(OC4CCN(c5nc(C(C)C)no5)CC4)ncnc32)c(C)n1. The quantitative estimate of drug-likeness (QED) is 0.434. The molecule has 0 aliphatic carbocycles. The lowest BCUT2D eigenvalue weighted by molar-refractivity contribution is 0.164. The Balaban J connectivity index is 1.31. The van der Waals surface area contributed by atoms with Gasteiger partial charge >= 0.3 is 6.01 Å². The van der Waals surface area contributed by atoms with Gasteiger partial charge in [0, 0.05) is 37.9 Å². The number of anilines is 1. The van der Waals surface area contributed by atoms with Gasteiger partial charge in [0.25, 0.3) is 0 Å². The van der Waals surface area contributed by atoms with Crippen molar-refractivity contribution in [1.29, 1.82) is 0 Å². The summed E-state index contributed by atoms with van der Waals surface area (Å²) in [4.78, 5) is 19.9. The highest BCUT2D eigenvalue weighted by molar-refractivity contribution is 5.81. The van der Waals surface area contributed by atoms with Gasteiger partial charge in [-0.1, -0.05) is 19.0 Å². The minimum Gasteiger partial charge on any atom is -0.481 e. The maximum absolute atomic E-state index is 6.28. The molecule has 0 radical (unpaired) electrons. The number of hydrogen-bond donors (Lipinski definition) is 0. The Kier molecular flexibility index (Phi) is 5.53. The number of hydrogen-bond acceptors (Lipinski definition) is 10. The lowest BCUT2D eigenvalue weighted by Crippen LogP contribution is -2.38. The lowest BCUT2D eigenvalue weighted by atomic mass is 10.1.